The average molecular weight is 663 g/mol. The fourth-order valence-electron chi connectivity index (χ4n) is 9.54. The van der Waals surface area contributed by atoms with Crippen LogP contribution in [0.15, 0.2) is 200 Å². The molecule has 0 bridgehead atoms. The third kappa shape index (κ3) is 4.47. The van der Waals surface area contributed by atoms with Gasteiger partial charge in [-0.2, -0.15) is 0 Å². The van der Waals surface area contributed by atoms with E-state index >= 15 is 0 Å². The zero-order valence-electron chi connectivity index (χ0n) is 29.3. The van der Waals surface area contributed by atoms with Gasteiger partial charge in [0, 0.05) is 5.41 Å². The van der Waals surface area contributed by atoms with Gasteiger partial charge in [-0.3, -0.25) is 0 Å². The zero-order chi connectivity index (χ0) is 34.7. The van der Waals surface area contributed by atoms with Crippen LogP contribution in [-0.2, 0) is 17.3 Å². The van der Waals surface area contributed by atoms with E-state index in [-0.39, 0.29) is 5.41 Å². The highest BCUT2D eigenvalue weighted by molar-refractivity contribution is 5.96. The molecule has 1 atom stereocenters. The van der Waals surface area contributed by atoms with E-state index in [2.05, 4.69) is 207 Å². The highest BCUT2D eigenvalue weighted by atomic mass is 14.5. The summed E-state index contributed by atoms with van der Waals surface area (Å²) in [6.07, 6.45) is 0.845. The monoisotopic (exact) mass is 662 g/mol. The number of rotatable bonds is 6. The first kappa shape index (κ1) is 30.6. The minimum Gasteiger partial charge on any atom is -0.0622 e. The van der Waals surface area contributed by atoms with Crippen molar-refractivity contribution < 1.29 is 0 Å². The third-order valence-electron chi connectivity index (χ3n) is 11.8. The molecule has 0 fully saturated rings. The van der Waals surface area contributed by atoms with Gasteiger partial charge < -0.3 is 0 Å². The van der Waals surface area contributed by atoms with Gasteiger partial charge >= 0.3 is 0 Å². The molecule has 0 N–H and O–H groups in total. The van der Waals surface area contributed by atoms with Gasteiger partial charge in [0.05, 0.1) is 5.41 Å². The lowest BCUT2D eigenvalue weighted by Gasteiger charge is -2.39. The maximum atomic E-state index is 2.49. The summed E-state index contributed by atoms with van der Waals surface area (Å²) in [7, 11) is 0. The lowest BCUT2D eigenvalue weighted by Crippen LogP contribution is -2.34. The molecular formula is C52H38. The number of hydrogen-bond donors (Lipinski definition) is 0. The van der Waals surface area contributed by atoms with Gasteiger partial charge in [0.15, 0.2) is 0 Å². The van der Waals surface area contributed by atoms with Gasteiger partial charge in [-0.1, -0.05) is 207 Å². The SMILES string of the molecule is CC(Cc1cccc(-c2ccccc2)c1)(c1cccc(-c2ccccc2)c1)c1cccc2c1C1(c3ccccc3-c3ccccc31)c1ccccc1-2. The van der Waals surface area contributed by atoms with Crippen molar-refractivity contribution >= 4 is 0 Å². The number of fused-ring (bicyclic) bond motifs is 10. The first-order valence-corrected chi connectivity index (χ1v) is 18.4. The van der Waals surface area contributed by atoms with E-state index in [1.165, 1.54) is 83.5 Å². The van der Waals surface area contributed by atoms with Crippen molar-refractivity contribution in [1.29, 1.82) is 0 Å². The van der Waals surface area contributed by atoms with Gasteiger partial charge in [0.25, 0.3) is 0 Å². The molecule has 246 valence electrons. The van der Waals surface area contributed by atoms with E-state index in [0.29, 0.717) is 0 Å². The summed E-state index contributed by atoms with van der Waals surface area (Å²) in [5.74, 6) is 0. The predicted molar refractivity (Wildman–Crippen MR) is 217 cm³/mol. The van der Waals surface area contributed by atoms with E-state index in [1.807, 2.05) is 0 Å². The summed E-state index contributed by atoms with van der Waals surface area (Å²) in [4.78, 5) is 0. The second kappa shape index (κ2) is 11.9. The number of benzene rings is 8. The average Bonchev–Trinajstić information content (AvgIpc) is 3.69. The largest absolute Gasteiger partial charge is 0.0728 e. The van der Waals surface area contributed by atoms with Crippen LogP contribution < -0.4 is 0 Å². The van der Waals surface area contributed by atoms with Crippen LogP contribution in [0.4, 0.5) is 0 Å². The molecule has 0 heterocycles. The fraction of sp³-hybridized carbons (Fsp3) is 0.0769. The minimum atomic E-state index is -0.431. The zero-order valence-corrected chi connectivity index (χ0v) is 29.3. The van der Waals surface area contributed by atoms with Crippen LogP contribution in [0.25, 0.3) is 44.5 Å². The lowest BCUT2D eigenvalue weighted by molar-refractivity contribution is 0.554. The molecule has 52 heavy (non-hydrogen) atoms. The van der Waals surface area contributed by atoms with Crippen LogP contribution in [0.1, 0.15) is 45.9 Å². The molecule has 0 nitrogen and oxygen atoms in total. The third-order valence-corrected chi connectivity index (χ3v) is 11.8. The van der Waals surface area contributed by atoms with Crippen molar-refractivity contribution in [2.45, 2.75) is 24.2 Å². The second-order valence-corrected chi connectivity index (χ2v) is 14.6. The standard InChI is InChI=1S/C52H38/c1-51(41-24-15-23-40(34-41)38-20-6-3-7-21-38,35-36-17-14-22-39(33-36)37-18-4-2-5-19-37)49-32-16-28-45-44-27-10-13-31-48(44)52(50(45)49)46-29-11-8-25-42(46)43-26-9-12-30-47(43)52/h2-34H,35H2,1H3. The van der Waals surface area contributed by atoms with E-state index in [0.717, 1.165) is 6.42 Å². The van der Waals surface area contributed by atoms with E-state index in [1.54, 1.807) is 0 Å². The van der Waals surface area contributed by atoms with Crippen molar-refractivity contribution in [3.63, 3.8) is 0 Å². The summed E-state index contributed by atoms with van der Waals surface area (Å²) in [5.41, 5.74) is 19.0. The summed E-state index contributed by atoms with van der Waals surface area (Å²) in [6, 6.07) is 74.6. The Labute approximate surface area is 306 Å². The molecule has 0 aliphatic heterocycles. The molecule has 0 saturated heterocycles. The van der Waals surface area contributed by atoms with Gasteiger partial charge in [-0.05, 0) is 89.9 Å². The Morgan fingerprint density at radius 1 is 0.385 bits per heavy atom. The summed E-state index contributed by atoms with van der Waals surface area (Å²) in [5, 5.41) is 0. The Kier molecular flexibility index (Phi) is 7.01. The minimum absolute atomic E-state index is 0.382. The second-order valence-electron chi connectivity index (χ2n) is 14.6. The van der Waals surface area contributed by atoms with Crippen molar-refractivity contribution in [3.05, 3.63) is 239 Å². The first-order chi connectivity index (χ1) is 25.7. The maximum Gasteiger partial charge on any atom is 0.0728 e. The quantitative estimate of drug-likeness (QED) is 0.166. The summed E-state index contributed by atoms with van der Waals surface area (Å²) in [6.45, 7) is 2.49. The Balaban J connectivity index is 1.27. The molecule has 0 saturated carbocycles. The summed E-state index contributed by atoms with van der Waals surface area (Å²) >= 11 is 0. The Morgan fingerprint density at radius 3 is 1.42 bits per heavy atom. The Hall–Kier alpha value is -6.24. The van der Waals surface area contributed by atoms with Crippen LogP contribution in [0.2, 0.25) is 0 Å². The molecule has 2 aliphatic carbocycles. The highest BCUT2D eigenvalue weighted by Crippen LogP contribution is 2.64. The molecule has 10 rings (SSSR count). The topological polar surface area (TPSA) is 0 Å². The summed E-state index contributed by atoms with van der Waals surface area (Å²) < 4.78 is 0. The lowest BCUT2D eigenvalue weighted by atomic mass is 9.63. The van der Waals surface area contributed by atoms with Crippen LogP contribution >= 0.6 is 0 Å². The molecular weight excluding hydrogens is 625 g/mol. The molecule has 8 aromatic rings. The molecule has 0 radical (unpaired) electrons. The van der Waals surface area contributed by atoms with Gasteiger partial charge in [0.2, 0.25) is 0 Å². The van der Waals surface area contributed by atoms with Crippen molar-refractivity contribution in [2.24, 2.45) is 0 Å². The van der Waals surface area contributed by atoms with E-state index in [4.69, 9.17) is 0 Å². The smallest absolute Gasteiger partial charge is 0.0622 e. The van der Waals surface area contributed by atoms with E-state index in [9.17, 15) is 0 Å². The molecule has 8 aromatic carbocycles. The molecule has 0 heteroatoms. The predicted octanol–water partition coefficient (Wildman–Crippen LogP) is 12.9. The van der Waals surface area contributed by atoms with Crippen molar-refractivity contribution in [3.8, 4) is 44.5 Å². The maximum absolute atomic E-state index is 2.49. The molecule has 0 aromatic heterocycles. The van der Waals surface area contributed by atoms with Gasteiger partial charge in [-0.15, -0.1) is 0 Å². The Bertz CT molecular complexity index is 2550. The van der Waals surface area contributed by atoms with Crippen LogP contribution in [0.5, 0.6) is 0 Å². The van der Waals surface area contributed by atoms with Gasteiger partial charge in [-0.25, -0.2) is 0 Å². The van der Waals surface area contributed by atoms with Crippen molar-refractivity contribution in [1.82, 2.24) is 0 Å². The van der Waals surface area contributed by atoms with Crippen molar-refractivity contribution in [2.75, 3.05) is 0 Å². The molecule has 1 spiro atoms. The normalized spacial score (nSPS) is 14.2. The van der Waals surface area contributed by atoms with Gasteiger partial charge in [0.1, 0.15) is 0 Å². The van der Waals surface area contributed by atoms with Crippen LogP contribution in [0, 0.1) is 0 Å². The number of hydrogen-bond acceptors (Lipinski definition) is 0. The molecule has 1 unspecified atom stereocenters. The first-order valence-electron chi connectivity index (χ1n) is 18.4. The Morgan fingerprint density at radius 2 is 0.827 bits per heavy atom. The molecule has 2 aliphatic rings. The van der Waals surface area contributed by atoms with Crippen LogP contribution in [0.3, 0.4) is 0 Å². The van der Waals surface area contributed by atoms with Crippen LogP contribution in [-0.4, -0.2) is 0 Å². The van der Waals surface area contributed by atoms with E-state index < -0.39 is 5.41 Å². The fourth-order valence-corrected chi connectivity index (χ4v) is 9.54. The highest BCUT2D eigenvalue weighted by Gasteiger charge is 2.54. The molecule has 0 amide bonds.